The first-order valence-corrected chi connectivity index (χ1v) is 6.67. The molecular weight excluding hydrogens is 274 g/mol. The van der Waals surface area contributed by atoms with Crippen LogP contribution in [0, 0.1) is 17.2 Å². The number of hydrogen-bond acceptors (Lipinski definition) is 3. The van der Waals surface area contributed by atoms with Gasteiger partial charge in [-0.15, -0.1) is 12.4 Å². The molecular formula is C15H20ClN3O. The minimum Gasteiger partial charge on any atom is -0.334 e. The van der Waals surface area contributed by atoms with Crippen molar-refractivity contribution in [3.63, 3.8) is 0 Å². The molecule has 1 aliphatic heterocycles. The highest BCUT2D eigenvalue weighted by atomic mass is 35.5. The van der Waals surface area contributed by atoms with Crippen molar-refractivity contribution in [2.45, 2.75) is 25.8 Å². The number of amides is 1. The van der Waals surface area contributed by atoms with Gasteiger partial charge in [0, 0.05) is 24.7 Å². The van der Waals surface area contributed by atoms with Crippen molar-refractivity contribution in [3.05, 3.63) is 35.4 Å². The van der Waals surface area contributed by atoms with Crippen LogP contribution in [-0.4, -0.2) is 29.9 Å². The highest BCUT2D eigenvalue weighted by molar-refractivity contribution is 5.94. The second-order valence-electron chi connectivity index (χ2n) is 5.21. The zero-order chi connectivity index (χ0) is 13.8. The Morgan fingerprint density at radius 2 is 2.10 bits per heavy atom. The van der Waals surface area contributed by atoms with E-state index in [-0.39, 0.29) is 24.4 Å². The molecule has 20 heavy (non-hydrogen) atoms. The Kier molecular flexibility index (Phi) is 6.00. The Morgan fingerprint density at radius 3 is 2.65 bits per heavy atom. The number of nitrogens with zero attached hydrogens (tertiary/aromatic N) is 2. The molecule has 0 spiro atoms. The summed E-state index contributed by atoms with van der Waals surface area (Å²) in [4.78, 5) is 14.3. The predicted molar refractivity (Wildman–Crippen MR) is 80.7 cm³/mol. The molecule has 0 radical (unpaired) electrons. The average molecular weight is 294 g/mol. The molecule has 1 amide bonds. The lowest BCUT2D eigenvalue weighted by molar-refractivity contribution is 0.0573. The summed E-state index contributed by atoms with van der Waals surface area (Å²) in [7, 11) is 0. The molecule has 0 aliphatic carbocycles. The summed E-state index contributed by atoms with van der Waals surface area (Å²) in [5, 5.41) is 8.76. The van der Waals surface area contributed by atoms with Gasteiger partial charge in [-0.25, -0.2) is 0 Å². The van der Waals surface area contributed by atoms with Crippen LogP contribution in [0.5, 0.6) is 0 Å². The minimum absolute atomic E-state index is 0. The maximum atomic E-state index is 12.5. The van der Waals surface area contributed by atoms with E-state index in [1.165, 1.54) is 0 Å². The molecule has 1 aromatic rings. The first-order valence-electron chi connectivity index (χ1n) is 6.67. The SMILES string of the molecule is CC1CCN(C(=O)c2ccc(C#N)cc2)C(CN)C1.Cl. The van der Waals surface area contributed by atoms with E-state index in [2.05, 4.69) is 13.0 Å². The molecule has 0 aromatic heterocycles. The van der Waals surface area contributed by atoms with E-state index in [0.717, 1.165) is 19.4 Å². The predicted octanol–water partition coefficient (Wildman–Crippen LogP) is 2.18. The second kappa shape index (κ2) is 7.28. The molecule has 1 saturated heterocycles. The van der Waals surface area contributed by atoms with E-state index < -0.39 is 0 Å². The summed E-state index contributed by atoms with van der Waals surface area (Å²) in [5.74, 6) is 0.644. The van der Waals surface area contributed by atoms with Crippen LogP contribution in [0.3, 0.4) is 0 Å². The fourth-order valence-electron chi connectivity index (χ4n) is 2.60. The van der Waals surface area contributed by atoms with Crippen molar-refractivity contribution in [1.82, 2.24) is 4.90 Å². The Balaban J connectivity index is 0.00000200. The molecule has 1 fully saturated rings. The summed E-state index contributed by atoms with van der Waals surface area (Å²) in [5.41, 5.74) is 6.98. The van der Waals surface area contributed by atoms with E-state index >= 15 is 0 Å². The molecule has 1 heterocycles. The fraction of sp³-hybridized carbons (Fsp3) is 0.467. The van der Waals surface area contributed by atoms with Crippen LogP contribution >= 0.6 is 12.4 Å². The van der Waals surface area contributed by atoms with Gasteiger partial charge in [0.15, 0.2) is 0 Å². The van der Waals surface area contributed by atoms with Crippen LogP contribution in [0.2, 0.25) is 0 Å². The molecule has 108 valence electrons. The van der Waals surface area contributed by atoms with Gasteiger partial charge in [0.05, 0.1) is 11.6 Å². The topological polar surface area (TPSA) is 70.1 Å². The molecule has 2 N–H and O–H groups in total. The summed E-state index contributed by atoms with van der Waals surface area (Å²) < 4.78 is 0. The number of nitrogens with two attached hydrogens (primary N) is 1. The number of carbonyl (C=O) groups excluding carboxylic acids is 1. The molecule has 1 aromatic carbocycles. The van der Waals surface area contributed by atoms with Crippen molar-refractivity contribution < 1.29 is 4.79 Å². The lowest BCUT2D eigenvalue weighted by Crippen LogP contribution is -2.49. The summed E-state index contributed by atoms with van der Waals surface area (Å²) >= 11 is 0. The van der Waals surface area contributed by atoms with Gasteiger partial charge in [-0.1, -0.05) is 6.92 Å². The molecule has 2 unspecified atom stereocenters. The number of nitriles is 1. The lowest BCUT2D eigenvalue weighted by atomic mass is 9.92. The summed E-state index contributed by atoms with van der Waals surface area (Å²) in [6.45, 7) is 3.47. The minimum atomic E-state index is 0. The number of carbonyl (C=O) groups is 1. The normalized spacial score (nSPS) is 21.8. The number of likely N-dealkylation sites (tertiary alicyclic amines) is 1. The molecule has 4 nitrogen and oxygen atoms in total. The maximum absolute atomic E-state index is 12.5. The zero-order valence-electron chi connectivity index (χ0n) is 11.6. The third-order valence-corrected chi connectivity index (χ3v) is 3.77. The first-order chi connectivity index (χ1) is 9.15. The maximum Gasteiger partial charge on any atom is 0.254 e. The zero-order valence-corrected chi connectivity index (χ0v) is 12.4. The van der Waals surface area contributed by atoms with Crippen LogP contribution in [0.25, 0.3) is 0 Å². The number of rotatable bonds is 2. The molecule has 2 rings (SSSR count). The Hall–Kier alpha value is -1.57. The van der Waals surface area contributed by atoms with Crippen LogP contribution in [0.15, 0.2) is 24.3 Å². The van der Waals surface area contributed by atoms with Crippen molar-refractivity contribution >= 4 is 18.3 Å². The molecule has 2 atom stereocenters. The van der Waals surface area contributed by atoms with Crippen molar-refractivity contribution in [1.29, 1.82) is 5.26 Å². The van der Waals surface area contributed by atoms with Gasteiger partial charge in [0.25, 0.3) is 5.91 Å². The standard InChI is InChI=1S/C15H19N3O.ClH/c1-11-6-7-18(14(8-11)10-17)15(19)13-4-2-12(9-16)3-5-13;/h2-5,11,14H,6-8,10,17H2,1H3;1H. The third kappa shape index (κ3) is 3.50. The lowest BCUT2D eigenvalue weighted by Gasteiger charge is -2.38. The van der Waals surface area contributed by atoms with Gasteiger partial charge in [-0.3, -0.25) is 4.79 Å². The quantitative estimate of drug-likeness (QED) is 0.908. The molecule has 0 saturated carbocycles. The van der Waals surface area contributed by atoms with Gasteiger partial charge >= 0.3 is 0 Å². The average Bonchev–Trinajstić information content (AvgIpc) is 2.46. The van der Waals surface area contributed by atoms with Crippen molar-refractivity contribution in [3.8, 4) is 6.07 Å². The van der Waals surface area contributed by atoms with Gasteiger partial charge in [-0.05, 0) is 43.0 Å². The number of hydrogen-bond donors (Lipinski definition) is 1. The highest BCUT2D eigenvalue weighted by Gasteiger charge is 2.29. The van der Waals surface area contributed by atoms with Crippen molar-refractivity contribution in [2.24, 2.45) is 11.7 Å². The Labute approximate surface area is 126 Å². The molecule has 1 aliphatic rings. The Morgan fingerprint density at radius 1 is 1.45 bits per heavy atom. The third-order valence-electron chi connectivity index (χ3n) is 3.77. The van der Waals surface area contributed by atoms with E-state index in [0.29, 0.717) is 23.6 Å². The van der Waals surface area contributed by atoms with E-state index in [9.17, 15) is 4.79 Å². The first kappa shape index (κ1) is 16.5. The monoisotopic (exact) mass is 293 g/mol. The molecule has 5 heteroatoms. The van der Waals surface area contributed by atoms with Crippen LogP contribution in [-0.2, 0) is 0 Å². The fourth-order valence-corrected chi connectivity index (χ4v) is 2.60. The number of halogens is 1. The second-order valence-corrected chi connectivity index (χ2v) is 5.21. The summed E-state index contributed by atoms with van der Waals surface area (Å²) in [6.07, 6.45) is 2.00. The van der Waals surface area contributed by atoms with Gasteiger partial charge in [0.2, 0.25) is 0 Å². The van der Waals surface area contributed by atoms with Gasteiger partial charge < -0.3 is 10.6 Å². The van der Waals surface area contributed by atoms with E-state index in [1.807, 2.05) is 4.90 Å². The van der Waals surface area contributed by atoms with Gasteiger partial charge in [-0.2, -0.15) is 5.26 Å². The summed E-state index contributed by atoms with van der Waals surface area (Å²) in [6, 6.07) is 8.97. The Bertz CT molecular complexity index is 495. The van der Waals surface area contributed by atoms with Crippen molar-refractivity contribution in [2.75, 3.05) is 13.1 Å². The van der Waals surface area contributed by atoms with Crippen LogP contribution in [0.1, 0.15) is 35.7 Å². The highest BCUT2D eigenvalue weighted by Crippen LogP contribution is 2.23. The largest absolute Gasteiger partial charge is 0.334 e. The smallest absolute Gasteiger partial charge is 0.254 e. The number of benzene rings is 1. The van der Waals surface area contributed by atoms with Crippen LogP contribution in [0.4, 0.5) is 0 Å². The van der Waals surface area contributed by atoms with Crippen LogP contribution < -0.4 is 5.73 Å². The van der Waals surface area contributed by atoms with E-state index in [4.69, 9.17) is 11.0 Å². The number of piperidine rings is 1. The van der Waals surface area contributed by atoms with E-state index in [1.54, 1.807) is 24.3 Å². The van der Waals surface area contributed by atoms with Gasteiger partial charge in [0.1, 0.15) is 0 Å². The molecule has 0 bridgehead atoms.